The molecule has 0 spiro atoms. The van der Waals surface area contributed by atoms with Crippen LogP contribution in [0.25, 0.3) is 11.5 Å². The van der Waals surface area contributed by atoms with E-state index in [2.05, 4.69) is 5.32 Å². The molecule has 3 aromatic rings. The minimum absolute atomic E-state index is 0.123. The molecule has 0 fully saturated rings. The average Bonchev–Trinajstić information content (AvgIpc) is 3.19. The molecule has 2 heterocycles. The largest absolute Gasteiger partial charge is 0.867 e. The minimum Gasteiger partial charge on any atom is -0.867 e. The van der Waals surface area contributed by atoms with Gasteiger partial charge in [-0.15, -0.1) is 11.3 Å². The number of nitrogens with zero attached hydrogens (tertiary/aromatic N) is 1. The van der Waals surface area contributed by atoms with Crippen LogP contribution in [-0.4, -0.2) is 11.6 Å². The van der Waals surface area contributed by atoms with Crippen molar-refractivity contribution in [1.29, 1.82) is 0 Å². The van der Waals surface area contributed by atoms with Gasteiger partial charge in [0.05, 0.1) is 12.3 Å². The van der Waals surface area contributed by atoms with E-state index in [-0.39, 0.29) is 5.76 Å². The number of aromatic nitrogens is 1. The van der Waals surface area contributed by atoms with Crippen molar-refractivity contribution in [3.8, 4) is 5.75 Å². The van der Waals surface area contributed by atoms with Gasteiger partial charge in [-0.05, 0) is 36.3 Å². The number of anilines is 1. The summed E-state index contributed by atoms with van der Waals surface area (Å²) in [4.78, 5) is 0.977. The molecule has 0 aliphatic rings. The quantitative estimate of drug-likeness (QED) is 0.306. The number of ether oxygens (including phenoxy) is 1. The van der Waals surface area contributed by atoms with Gasteiger partial charge in [0.25, 0.3) is 0 Å². The number of hydrogen-bond donors (Lipinski definition) is 1. The van der Waals surface area contributed by atoms with E-state index >= 15 is 0 Å². The van der Waals surface area contributed by atoms with Gasteiger partial charge in [-0.3, -0.25) is 0 Å². The van der Waals surface area contributed by atoms with Gasteiger partial charge < -0.3 is 15.2 Å². The lowest BCUT2D eigenvalue weighted by Gasteiger charge is -2.17. The van der Waals surface area contributed by atoms with Gasteiger partial charge in [0.15, 0.2) is 17.4 Å². The van der Waals surface area contributed by atoms with Crippen LogP contribution in [0.1, 0.15) is 11.8 Å². The molecule has 0 atom stereocenters. The summed E-state index contributed by atoms with van der Waals surface area (Å²) in [6.07, 6.45) is 3.62. The topological polar surface area (TPSA) is 48.2 Å². The van der Waals surface area contributed by atoms with Crippen LogP contribution >= 0.6 is 23.6 Å². The Morgan fingerprint density at radius 3 is 2.58 bits per heavy atom. The van der Waals surface area contributed by atoms with E-state index in [0.29, 0.717) is 27.9 Å². The Labute approximate surface area is 162 Å². The molecule has 0 unspecified atom stereocenters. The third-order valence-corrected chi connectivity index (χ3v) is 4.75. The van der Waals surface area contributed by atoms with Crippen LogP contribution in [-0.2, 0) is 0 Å². The van der Waals surface area contributed by atoms with Crippen LogP contribution in [0.3, 0.4) is 0 Å². The summed E-state index contributed by atoms with van der Waals surface area (Å²) in [5.41, 5.74) is 1.13. The fourth-order valence-electron chi connectivity index (χ4n) is 2.44. The molecule has 0 radical (unpaired) electrons. The van der Waals surface area contributed by atoms with Crippen LogP contribution in [0.4, 0.5) is 5.69 Å². The zero-order chi connectivity index (χ0) is 18.4. The molecule has 0 aliphatic heterocycles. The first-order valence-corrected chi connectivity index (χ1v) is 9.44. The number of pyridine rings is 1. The van der Waals surface area contributed by atoms with Crippen LogP contribution in [0.5, 0.6) is 5.75 Å². The molecule has 0 bridgehead atoms. The first kappa shape index (κ1) is 18.1. The Hall–Kier alpha value is -2.70. The molecule has 26 heavy (non-hydrogen) atoms. The van der Waals surface area contributed by atoms with E-state index in [1.165, 1.54) is 11.3 Å². The van der Waals surface area contributed by atoms with Crippen molar-refractivity contribution >= 4 is 45.7 Å². The molecule has 1 N–H and O–H groups in total. The van der Waals surface area contributed by atoms with Crippen LogP contribution < -0.4 is 19.7 Å². The molecule has 0 saturated carbocycles. The maximum absolute atomic E-state index is 13.0. The highest BCUT2D eigenvalue weighted by atomic mass is 32.1. The van der Waals surface area contributed by atoms with Crippen molar-refractivity contribution in [2.45, 2.75) is 6.92 Å². The zero-order valence-corrected chi connectivity index (χ0v) is 15.8. The van der Waals surface area contributed by atoms with Crippen LogP contribution in [0, 0.1) is 0 Å². The Morgan fingerprint density at radius 2 is 1.88 bits per heavy atom. The van der Waals surface area contributed by atoms with Gasteiger partial charge in [-0.25, -0.2) is 0 Å². The van der Waals surface area contributed by atoms with Crippen LogP contribution in [0.15, 0.2) is 72.4 Å². The smallest absolute Gasteiger partial charge is 0.239 e. The number of para-hydroxylation sites is 2. The molecule has 3 rings (SSSR count). The van der Waals surface area contributed by atoms with E-state index in [1.807, 2.05) is 73.2 Å². The molecule has 6 heteroatoms. The van der Waals surface area contributed by atoms with Gasteiger partial charge in [0.2, 0.25) is 5.70 Å². The van der Waals surface area contributed by atoms with E-state index in [0.717, 1.165) is 5.69 Å². The zero-order valence-electron chi connectivity index (χ0n) is 14.2. The van der Waals surface area contributed by atoms with Crippen molar-refractivity contribution in [2.75, 3.05) is 11.9 Å². The van der Waals surface area contributed by atoms with Gasteiger partial charge in [-0.2, -0.15) is 4.57 Å². The van der Waals surface area contributed by atoms with Crippen molar-refractivity contribution in [1.82, 2.24) is 0 Å². The number of thiocarbonyl (C=S) groups is 1. The van der Waals surface area contributed by atoms with E-state index in [1.54, 1.807) is 10.6 Å². The second kappa shape index (κ2) is 8.60. The van der Waals surface area contributed by atoms with Gasteiger partial charge in [-0.1, -0.05) is 36.5 Å². The molecular weight excluding hydrogens is 364 g/mol. The van der Waals surface area contributed by atoms with Crippen molar-refractivity contribution < 1.29 is 14.4 Å². The summed E-state index contributed by atoms with van der Waals surface area (Å²) in [6, 6.07) is 16.8. The van der Waals surface area contributed by atoms with E-state index in [4.69, 9.17) is 17.0 Å². The van der Waals surface area contributed by atoms with E-state index < -0.39 is 0 Å². The lowest BCUT2D eigenvalue weighted by atomic mass is 10.2. The van der Waals surface area contributed by atoms with Crippen molar-refractivity contribution in [2.24, 2.45) is 0 Å². The average molecular weight is 383 g/mol. The summed E-state index contributed by atoms with van der Waals surface area (Å²) in [6.45, 7) is 2.47. The molecule has 0 amide bonds. The maximum atomic E-state index is 13.0. The summed E-state index contributed by atoms with van der Waals surface area (Å²) < 4.78 is 7.37. The third kappa shape index (κ3) is 4.09. The lowest BCUT2D eigenvalue weighted by Crippen LogP contribution is -2.39. The first-order valence-electron chi connectivity index (χ1n) is 8.15. The lowest BCUT2D eigenvalue weighted by molar-refractivity contribution is -0.577. The Morgan fingerprint density at radius 1 is 1.12 bits per heavy atom. The van der Waals surface area contributed by atoms with Crippen molar-refractivity contribution in [3.63, 3.8) is 0 Å². The molecule has 1 aromatic carbocycles. The summed E-state index contributed by atoms with van der Waals surface area (Å²) in [5.74, 6) is 0.570. The Bertz CT molecular complexity index is 907. The highest BCUT2D eigenvalue weighted by Gasteiger charge is 2.20. The van der Waals surface area contributed by atoms with E-state index in [9.17, 15) is 5.11 Å². The fourth-order valence-corrected chi connectivity index (χ4v) is 3.42. The predicted molar refractivity (Wildman–Crippen MR) is 108 cm³/mol. The normalized spacial score (nSPS) is 11.6. The van der Waals surface area contributed by atoms with Gasteiger partial charge in [0, 0.05) is 17.0 Å². The molecule has 132 valence electrons. The monoisotopic (exact) mass is 382 g/mol. The highest BCUT2D eigenvalue weighted by Crippen LogP contribution is 2.26. The molecule has 0 aliphatic carbocycles. The SMILES string of the molecule is CCOc1ccccc1NC(=S)C(=C([O-])c1cccs1)[n+]1ccccc1. The predicted octanol–water partition coefficient (Wildman–Crippen LogP) is 3.56. The number of thiophene rings is 1. The molecule has 2 aromatic heterocycles. The third-order valence-electron chi connectivity index (χ3n) is 3.58. The Kier molecular flexibility index (Phi) is 5.99. The highest BCUT2D eigenvalue weighted by molar-refractivity contribution is 7.81. The number of nitrogens with one attached hydrogen (secondary N) is 1. The summed E-state index contributed by atoms with van der Waals surface area (Å²) in [7, 11) is 0. The molecular formula is C20H18N2O2S2. The Balaban J connectivity index is 2.01. The molecule has 0 saturated heterocycles. The maximum Gasteiger partial charge on any atom is 0.239 e. The van der Waals surface area contributed by atoms with Crippen LogP contribution in [0.2, 0.25) is 0 Å². The van der Waals surface area contributed by atoms with Gasteiger partial charge in [0.1, 0.15) is 5.75 Å². The number of benzene rings is 1. The first-order chi connectivity index (χ1) is 12.7. The standard InChI is InChI=1S/C20H18N2O2S2/c1-2-24-16-10-5-4-9-15(16)21-20(25)18(22-12-6-3-7-13-22)19(23)17-11-8-14-26-17/h3-14H,2H2,1H3,(H-,21,23,25). The van der Waals surface area contributed by atoms with Crippen molar-refractivity contribution in [3.05, 3.63) is 77.2 Å². The summed E-state index contributed by atoms with van der Waals surface area (Å²) in [5, 5.41) is 18.1. The number of hydrogen-bond acceptors (Lipinski definition) is 4. The number of rotatable bonds is 6. The van der Waals surface area contributed by atoms with Gasteiger partial charge >= 0.3 is 0 Å². The molecule has 4 nitrogen and oxygen atoms in total. The second-order valence-electron chi connectivity index (χ2n) is 5.32. The second-order valence-corrected chi connectivity index (χ2v) is 6.68. The minimum atomic E-state index is -0.123. The summed E-state index contributed by atoms with van der Waals surface area (Å²) >= 11 is 6.99. The fraction of sp³-hybridized carbons (Fsp3) is 0.100.